The van der Waals surface area contributed by atoms with E-state index in [1.807, 2.05) is 13.1 Å². The van der Waals surface area contributed by atoms with Gasteiger partial charge in [-0.15, -0.1) is 0 Å². The van der Waals surface area contributed by atoms with Crippen molar-refractivity contribution in [3.63, 3.8) is 0 Å². The summed E-state index contributed by atoms with van der Waals surface area (Å²) in [7, 11) is 1.84. The third-order valence-corrected chi connectivity index (χ3v) is 5.73. The summed E-state index contributed by atoms with van der Waals surface area (Å²) >= 11 is 0. The van der Waals surface area contributed by atoms with E-state index in [2.05, 4.69) is 48.9 Å². The van der Waals surface area contributed by atoms with Gasteiger partial charge in [0.2, 0.25) is 5.95 Å². The minimum atomic E-state index is -0.0561. The van der Waals surface area contributed by atoms with Crippen LogP contribution < -0.4 is 10.2 Å². The lowest BCUT2D eigenvalue weighted by Gasteiger charge is -2.32. The summed E-state index contributed by atoms with van der Waals surface area (Å²) in [5.41, 5.74) is 2.94. The highest BCUT2D eigenvalue weighted by Crippen LogP contribution is 2.40. The summed E-state index contributed by atoms with van der Waals surface area (Å²) < 4.78 is 1.67. The highest BCUT2D eigenvalue weighted by atomic mass is 16.1. The van der Waals surface area contributed by atoms with E-state index in [0.717, 1.165) is 42.8 Å². The maximum Gasteiger partial charge on any atom is 0.253 e. The van der Waals surface area contributed by atoms with Crippen molar-refractivity contribution in [3.8, 4) is 0 Å². The van der Waals surface area contributed by atoms with Gasteiger partial charge < -0.3 is 10.2 Å². The van der Waals surface area contributed by atoms with Gasteiger partial charge in [-0.2, -0.15) is 0 Å². The molecule has 1 amide bonds. The largest absolute Gasteiger partial charge is 0.349 e. The smallest absolute Gasteiger partial charge is 0.253 e. The summed E-state index contributed by atoms with van der Waals surface area (Å²) in [6, 6.07) is 8.50. The zero-order chi connectivity index (χ0) is 19.1. The Kier molecular flexibility index (Phi) is 4.18. The molecule has 8 nitrogen and oxygen atoms in total. The summed E-state index contributed by atoms with van der Waals surface area (Å²) in [5.74, 6) is 1.42. The van der Waals surface area contributed by atoms with Crippen LogP contribution in [0.3, 0.4) is 0 Å². The fraction of sp³-hybridized carbons (Fsp3) is 0.450. The molecule has 3 heterocycles. The number of piperidine rings is 1. The molecule has 0 spiro atoms. The van der Waals surface area contributed by atoms with Crippen LogP contribution in [0.5, 0.6) is 0 Å². The van der Waals surface area contributed by atoms with E-state index < -0.39 is 0 Å². The fourth-order valence-corrected chi connectivity index (χ4v) is 3.92. The van der Waals surface area contributed by atoms with E-state index in [-0.39, 0.29) is 11.9 Å². The van der Waals surface area contributed by atoms with Crippen LogP contribution in [0.15, 0.2) is 30.5 Å². The zero-order valence-corrected chi connectivity index (χ0v) is 15.9. The van der Waals surface area contributed by atoms with Gasteiger partial charge in [-0.1, -0.05) is 17.2 Å². The number of hydrogen-bond acceptors (Lipinski definition) is 6. The number of amides is 1. The van der Waals surface area contributed by atoms with Crippen LogP contribution >= 0.6 is 0 Å². The molecule has 5 rings (SSSR count). The number of pyridine rings is 1. The molecule has 1 aromatic carbocycles. The first-order valence-corrected chi connectivity index (χ1v) is 9.85. The monoisotopic (exact) mass is 377 g/mol. The lowest BCUT2D eigenvalue weighted by Crippen LogP contribution is -2.45. The molecule has 8 heteroatoms. The number of hydrogen-bond donors (Lipinski definition) is 1. The van der Waals surface area contributed by atoms with Gasteiger partial charge >= 0.3 is 0 Å². The van der Waals surface area contributed by atoms with E-state index in [4.69, 9.17) is 0 Å². The normalized spacial score (nSPS) is 17.8. The van der Waals surface area contributed by atoms with Gasteiger partial charge in [0.1, 0.15) is 0 Å². The van der Waals surface area contributed by atoms with Gasteiger partial charge in [-0.05, 0) is 59.7 Å². The number of aryl methyl sites for hydroxylation is 1. The fourth-order valence-electron chi connectivity index (χ4n) is 3.92. The Labute approximate surface area is 162 Å². The number of benzene rings is 1. The molecule has 3 aromatic rings. The Hall–Kier alpha value is -3.03. The molecule has 1 saturated carbocycles. The Morgan fingerprint density at radius 3 is 2.68 bits per heavy atom. The minimum absolute atomic E-state index is 0.0561. The first-order chi connectivity index (χ1) is 13.7. The average molecular weight is 377 g/mol. The first kappa shape index (κ1) is 17.1. The third kappa shape index (κ3) is 3.30. The molecule has 28 heavy (non-hydrogen) atoms. The van der Waals surface area contributed by atoms with E-state index in [1.54, 1.807) is 10.9 Å². The van der Waals surface area contributed by atoms with Crippen molar-refractivity contribution < 1.29 is 4.79 Å². The second-order valence-corrected chi connectivity index (χ2v) is 7.79. The number of rotatable bonds is 4. The standard InChI is InChI=1S/C20H23N7O/c1-26-20(23-24-25-26)27-8-6-17(7-9-27)22-19(28)16-10-15-5-4-14(13-2-3-13)11-18(15)21-12-16/h4-5,10-13,17H,2-3,6-9H2,1H3,(H,22,28). The number of tetrazole rings is 1. The van der Waals surface area contributed by atoms with Crippen molar-refractivity contribution in [1.82, 2.24) is 30.5 Å². The first-order valence-electron chi connectivity index (χ1n) is 9.85. The second-order valence-electron chi connectivity index (χ2n) is 7.79. The van der Waals surface area contributed by atoms with Crippen LogP contribution in [0, 0.1) is 0 Å². The number of carbonyl (C=O) groups excluding carboxylic acids is 1. The molecule has 1 saturated heterocycles. The topological polar surface area (TPSA) is 88.8 Å². The van der Waals surface area contributed by atoms with Crippen molar-refractivity contribution in [2.24, 2.45) is 7.05 Å². The number of carbonyl (C=O) groups is 1. The molecular weight excluding hydrogens is 354 g/mol. The molecule has 1 aliphatic heterocycles. The van der Waals surface area contributed by atoms with Gasteiger partial charge in [-0.25, -0.2) is 4.68 Å². The summed E-state index contributed by atoms with van der Waals surface area (Å²) in [5, 5.41) is 15.8. The molecule has 144 valence electrons. The van der Waals surface area contributed by atoms with E-state index >= 15 is 0 Å². The SMILES string of the molecule is Cn1nnnc1N1CCC(NC(=O)c2cnc3cc(C4CC4)ccc3c2)CC1. The molecule has 0 radical (unpaired) electrons. The Balaban J connectivity index is 1.23. The lowest BCUT2D eigenvalue weighted by molar-refractivity contribution is 0.0931. The Morgan fingerprint density at radius 1 is 1.14 bits per heavy atom. The number of anilines is 1. The Bertz CT molecular complexity index is 1020. The van der Waals surface area contributed by atoms with E-state index in [1.165, 1.54) is 18.4 Å². The zero-order valence-electron chi connectivity index (χ0n) is 15.9. The van der Waals surface area contributed by atoms with Gasteiger partial charge in [0.15, 0.2) is 0 Å². The van der Waals surface area contributed by atoms with Crippen LogP contribution in [0.25, 0.3) is 10.9 Å². The van der Waals surface area contributed by atoms with Crippen molar-refractivity contribution in [2.45, 2.75) is 37.6 Å². The van der Waals surface area contributed by atoms with Crippen LogP contribution in [0.4, 0.5) is 5.95 Å². The molecule has 1 N–H and O–H groups in total. The highest BCUT2D eigenvalue weighted by Gasteiger charge is 2.25. The number of nitrogens with zero attached hydrogens (tertiary/aromatic N) is 6. The number of nitrogens with one attached hydrogen (secondary N) is 1. The lowest BCUT2D eigenvalue weighted by atomic mass is 10.0. The highest BCUT2D eigenvalue weighted by molar-refractivity contribution is 5.97. The maximum atomic E-state index is 12.7. The van der Waals surface area contributed by atoms with Crippen molar-refractivity contribution in [2.75, 3.05) is 18.0 Å². The van der Waals surface area contributed by atoms with Gasteiger partial charge in [0.25, 0.3) is 5.91 Å². The van der Waals surface area contributed by atoms with Crippen molar-refractivity contribution >= 4 is 22.8 Å². The van der Waals surface area contributed by atoms with Crippen molar-refractivity contribution in [1.29, 1.82) is 0 Å². The van der Waals surface area contributed by atoms with E-state index in [0.29, 0.717) is 11.5 Å². The predicted octanol–water partition coefficient (Wildman–Crippen LogP) is 2.03. The van der Waals surface area contributed by atoms with Gasteiger partial charge in [0.05, 0.1) is 11.1 Å². The molecule has 2 aromatic heterocycles. The van der Waals surface area contributed by atoms with Crippen LogP contribution in [-0.2, 0) is 7.05 Å². The average Bonchev–Trinajstić information content (AvgIpc) is 3.49. The summed E-state index contributed by atoms with van der Waals surface area (Å²) in [6.45, 7) is 1.64. The van der Waals surface area contributed by atoms with Crippen LogP contribution in [-0.4, -0.2) is 50.2 Å². The van der Waals surface area contributed by atoms with Gasteiger partial charge in [0, 0.05) is 37.8 Å². The number of aromatic nitrogens is 5. The molecule has 0 unspecified atom stereocenters. The molecule has 2 aliphatic rings. The minimum Gasteiger partial charge on any atom is -0.349 e. The van der Waals surface area contributed by atoms with Crippen LogP contribution in [0.2, 0.25) is 0 Å². The molecule has 1 aliphatic carbocycles. The number of fused-ring (bicyclic) bond motifs is 1. The molecule has 2 fully saturated rings. The Morgan fingerprint density at radius 2 is 1.96 bits per heavy atom. The quantitative estimate of drug-likeness (QED) is 0.748. The van der Waals surface area contributed by atoms with E-state index in [9.17, 15) is 4.79 Å². The van der Waals surface area contributed by atoms with Crippen LogP contribution in [0.1, 0.15) is 47.5 Å². The second kappa shape index (κ2) is 6.85. The summed E-state index contributed by atoms with van der Waals surface area (Å²) in [4.78, 5) is 19.4. The van der Waals surface area contributed by atoms with Crippen molar-refractivity contribution in [3.05, 3.63) is 41.6 Å². The molecular formula is C20H23N7O. The predicted molar refractivity (Wildman–Crippen MR) is 105 cm³/mol. The molecule has 0 atom stereocenters. The molecule has 0 bridgehead atoms. The third-order valence-electron chi connectivity index (χ3n) is 5.73. The summed E-state index contributed by atoms with van der Waals surface area (Å²) in [6.07, 6.45) is 5.97. The maximum absolute atomic E-state index is 12.7. The van der Waals surface area contributed by atoms with Gasteiger partial charge in [-0.3, -0.25) is 9.78 Å².